The lowest BCUT2D eigenvalue weighted by Gasteiger charge is -1.98. The number of benzene rings is 1. The molecule has 0 bridgehead atoms. The van der Waals surface area contributed by atoms with Crippen molar-refractivity contribution >= 4 is 39.1 Å². The Morgan fingerprint density at radius 1 is 1.19 bits per heavy atom. The first-order chi connectivity index (χ1) is 12.8. The van der Waals surface area contributed by atoms with Crippen LogP contribution in [-0.2, 0) is 5.75 Å². The highest BCUT2D eigenvalue weighted by Crippen LogP contribution is 2.26. The first-order valence-electron chi connectivity index (χ1n) is 7.77. The number of para-hydroxylation sites is 2. The van der Waals surface area contributed by atoms with Crippen LogP contribution in [0.4, 0.5) is 0 Å². The Morgan fingerprint density at radius 3 is 2.96 bits per heavy atom. The van der Waals surface area contributed by atoms with Crippen LogP contribution < -0.4 is 5.56 Å². The third-order valence-corrected chi connectivity index (χ3v) is 5.58. The lowest BCUT2D eigenvalue weighted by molar-refractivity contribution is 0.580. The molecule has 0 radical (unpaired) electrons. The summed E-state index contributed by atoms with van der Waals surface area (Å²) >= 11 is 2.83. The Hall–Kier alpha value is -2.91. The SMILES string of the molecule is O=c1cc(CSc2nc3ccccc3[nH]2)nc2sc(-c3ccco3)nn12. The third kappa shape index (κ3) is 2.71. The van der Waals surface area contributed by atoms with Crippen molar-refractivity contribution in [2.24, 2.45) is 0 Å². The molecule has 1 N–H and O–H groups in total. The third-order valence-electron chi connectivity index (χ3n) is 3.75. The summed E-state index contributed by atoms with van der Waals surface area (Å²) in [7, 11) is 0. The molecule has 0 spiro atoms. The van der Waals surface area contributed by atoms with Gasteiger partial charge in [0.05, 0.1) is 23.0 Å². The quantitative estimate of drug-likeness (QED) is 0.479. The van der Waals surface area contributed by atoms with Crippen LogP contribution in [0.3, 0.4) is 0 Å². The van der Waals surface area contributed by atoms with Gasteiger partial charge in [0.25, 0.3) is 5.56 Å². The molecule has 26 heavy (non-hydrogen) atoms. The molecule has 9 heteroatoms. The zero-order valence-corrected chi connectivity index (χ0v) is 14.9. The Kier molecular flexibility index (Phi) is 3.61. The van der Waals surface area contributed by atoms with E-state index < -0.39 is 0 Å². The van der Waals surface area contributed by atoms with Gasteiger partial charge in [-0.2, -0.15) is 4.52 Å². The van der Waals surface area contributed by atoms with E-state index in [2.05, 4.69) is 20.1 Å². The van der Waals surface area contributed by atoms with E-state index in [-0.39, 0.29) is 5.56 Å². The van der Waals surface area contributed by atoms with E-state index in [1.165, 1.54) is 33.7 Å². The lowest BCUT2D eigenvalue weighted by atomic mass is 10.3. The van der Waals surface area contributed by atoms with Crippen LogP contribution >= 0.6 is 23.1 Å². The molecule has 0 aliphatic heterocycles. The van der Waals surface area contributed by atoms with E-state index in [1.807, 2.05) is 24.3 Å². The number of hydrogen-bond acceptors (Lipinski definition) is 7. The molecule has 0 saturated carbocycles. The molecule has 0 saturated heterocycles. The minimum Gasteiger partial charge on any atom is -0.462 e. The van der Waals surface area contributed by atoms with Crippen LogP contribution in [0.15, 0.2) is 63.1 Å². The van der Waals surface area contributed by atoms with Gasteiger partial charge in [-0.05, 0) is 24.3 Å². The fourth-order valence-corrected chi connectivity index (χ4v) is 4.24. The van der Waals surface area contributed by atoms with Gasteiger partial charge < -0.3 is 9.40 Å². The van der Waals surface area contributed by atoms with Crippen LogP contribution in [0.5, 0.6) is 0 Å². The molecular formula is C17H11N5O2S2. The molecule has 0 atom stereocenters. The molecule has 128 valence electrons. The van der Waals surface area contributed by atoms with Gasteiger partial charge in [0, 0.05) is 11.8 Å². The topological polar surface area (TPSA) is 89.1 Å². The van der Waals surface area contributed by atoms with E-state index in [9.17, 15) is 4.79 Å². The Bertz CT molecular complexity index is 1240. The number of aromatic nitrogens is 5. The van der Waals surface area contributed by atoms with Crippen LogP contribution in [-0.4, -0.2) is 24.6 Å². The zero-order chi connectivity index (χ0) is 17.5. The number of furan rings is 1. The van der Waals surface area contributed by atoms with E-state index in [0.29, 0.717) is 27.2 Å². The summed E-state index contributed by atoms with van der Waals surface area (Å²) in [5, 5.41) is 5.71. The number of fused-ring (bicyclic) bond motifs is 2. The Labute approximate surface area is 154 Å². The van der Waals surface area contributed by atoms with Crippen LogP contribution in [0.25, 0.3) is 26.8 Å². The van der Waals surface area contributed by atoms with Gasteiger partial charge in [-0.15, -0.1) is 5.10 Å². The van der Waals surface area contributed by atoms with Crippen molar-refractivity contribution in [2.45, 2.75) is 10.9 Å². The van der Waals surface area contributed by atoms with Gasteiger partial charge in [-0.1, -0.05) is 35.2 Å². The van der Waals surface area contributed by atoms with Gasteiger partial charge in [0.1, 0.15) is 0 Å². The molecule has 0 aliphatic carbocycles. The average Bonchev–Trinajstić information content (AvgIpc) is 3.37. The highest BCUT2D eigenvalue weighted by atomic mass is 32.2. The van der Waals surface area contributed by atoms with Crippen molar-refractivity contribution in [3.63, 3.8) is 0 Å². The number of nitrogens with zero attached hydrogens (tertiary/aromatic N) is 4. The van der Waals surface area contributed by atoms with Crippen molar-refractivity contribution in [3.8, 4) is 10.8 Å². The second kappa shape index (κ2) is 6.11. The molecule has 0 unspecified atom stereocenters. The van der Waals surface area contributed by atoms with Crippen molar-refractivity contribution in [1.29, 1.82) is 0 Å². The summed E-state index contributed by atoms with van der Waals surface area (Å²) < 4.78 is 6.65. The monoisotopic (exact) mass is 381 g/mol. The minimum atomic E-state index is -0.204. The number of thioether (sulfide) groups is 1. The fourth-order valence-electron chi connectivity index (χ4n) is 2.57. The Balaban J connectivity index is 1.44. The molecule has 0 aliphatic rings. The number of aromatic amines is 1. The molecule has 4 heterocycles. The largest absolute Gasteiger partial charge is 0.462 e. The molecule has 5 aromatic rings. The van der Waals surface area contributed by atoms with Crippen molar-refractivity contribution < 1.29 is 4.42 Å². The summed E-state index contributed by atoms with van der Waals surface area (Å²) in [5.41, 5.74) is 2.40. The zero-order valence-electron chi connectivity index (χ0n) is 13.2. The second-order valence-corrected chi connectivity index (χ2v) is 7.43. The molecule has 0 amide bonds. The number of hydrogen-bond donors (Lipinski definition) is 1. The smallest absolute Gasteiger partial charge is 0.275 e. The maximum atomic E-state index is 12.3. The highest BCUT2D eigenvalue weighted by Gasteiger charge is 2.13. The van der Waals surface area contributed by atoms with E-state index in [0.717, 1.165) is 16.2 Å². The summed E-state index contributed by atoms with van der Waals surface area (Å²) in [6.45, 7) is 0. The summed E-state index contributed by atoms with van der Waals surface area (Å²) in [6.07, 6.45) is 1.58. The van der Waals surface area contributed by atoms with E-state index >= 15 is 0 Å². The molecule has 4 aromatic heterocycles. The highest BCUT2D eigenvalue weighted by molar-refractivity contribution is 7.98. The Morgan fingerprint density at radius 2 is 2.12 bits per heavy atom. The predicted molar refractivity (Wildman–Crippen MR) is 100 cm³/mol. The minimum absolute atomic E-state index is 0.204. The van der Waals surface area contributed by atoms with Crippen molar-refractivity contribution in [2.75, 3.05) is 0 Å². The normalized spacial score (nSPS) is 11.5. The average molecular weight is 381 g/mol. The van der Waals surface area contributed by atoms with Crippen LogP contribution in [0.2, 0.25) is 0 Å². The summed E-state index contributed by atoms with van der Waals surface area (Å²) in [6, 6.07) is 13.0. The van der Waals surface area contributed by atoms with E-state index in [1.54, 1.807) is 18.4 Å². The molecule has 0 fully saturated rings. The lowest BCUT2D eigenvalue weighted by Crippen LogP contribution is -2.15. The summed E-state index contributed by atoms with van der Waals surface area (Å²) in [5.74, 6) is 1.16. The van der Waals surface area contributed by atoms with Gasteiger partial charge in [-0.25, -0.2) is 9.97 Å². The van der Waals surface area contributed by atoms with Crippen LogP contribution in [0, 0.1) is 0 Å². The second-order valence-electron chi connectivity index (χ2n) is 5.51. The molecule has 5 rings (SSSR count). The predicted octanol–water partition coefficient (Wildman–Crippen LogP) is 3.58. The maximum absolute atomic E-state index is 12.3. The molecular weight excluding hydrogens is 370 g/mol. The number of rotatable bonds is 4. The standard InChI is InChI=1S/C17H11N5O2S2/c23-14-8-10(9-25-16-19-11-4-1-2-5-12(11)20-16)18-17-22(14)21-15(26-17)13-6-3-7-24-13/h1-8H,9H2,(H,19,20). The number of imidazole rings is 1. The van der Waals surface area contributed by atoms with Crippen molar-refractivity contribution in [3.05, 3.63) is 64.8 Å². The maximum Gasteiger partial charge on any atom is 0.275 e. The van der Waals surface area contributed by atoms with Gasteiger partial charge in [0.2, 0.25) is 4.96 Å². The summed E-state index contributed by atoms with van der Waals surface area (Å²) in [4.78, 5) is 25.2. The van der Waals surface area contributed by atoms with Gasteiger partial charge in [0.15, 0.2) is 15.9 Å². The van der Waals surface area contributed by atoms with Crippen molar-refractivity contribution in [1.82, 2.24) is 24.6 Å². The number of H-pyrrole nitrogens is 1. The first-order valence-corrected chi connectivity index (χ1v) is 9.58. The van der Waals surface area contributed by atoms with Crippen LogP contribution in [0.1, 0.15) is 5.69 Å². The first kappa shape index (κ1) is 15.4. The fraction of sp³-hybridized carbons (Fsp3) is 0.0588. The van der Waals surface area contributed by atoms with Gasteiger partial charge in [-0.3, -0.25) is 4.79 Å². The molecule has 1 aromatic carbocycles. The molecule has 7 nitrogen and oxygen atoms in total. The van der Waals surface area contributed by atoms with Gasteiger partial charge >= 0.3 is 0 Å². The number of nitrogens with one attached hydrogen (secondary N) is 1. The van der Waals surface area contributed by atoms with E-state index in [4.69, 9.17) is 4.42 Å².